The lowest BCUT2D eigenvalue weighted by Crippen LogP contribution is -2.43. The molecule has 0 amide bonds. The zero-order valence-electron chi connectivity index (χ0n) is 12.3. The van der Waals surface area contributed by atoms with Crippen molar-refractivity contribution in [2.24, 2.45) is 5.92 Å². The molecule has 5 nitrogen and oxygen atoms in total. The molecular formula is C15H25NO4. The number of carbonyl (C=O) groups is 1. The molecule has 1 saturated carbocycles. The van der Waals surface area contributed by atoms with E-state index in [1.807, 2.05) is 0 Å². The van der Waals surface area contributed by atoms with Gasteiger partial charge >= 0.3 is 5.97 Å². The molecule has 0 bridgehead atoms. The van der Waals surface area contributed by atoms with Crippen molar-refractivity contribution in [1.82, 2.24) is 4.90 Å². The minimum Gasteiger partial charge on any atom is -0.469 e. The van der Waals surface area contributed by atoms with Gasteiger partial charge in [0, 0.05) is 25.9 Å². The Bertz CT molecular complexity index is 354. The topological polar surface area (TPSA) is 48.0 Å². The maximum absolute atomic E-state index is 11.6. The van der Waals surface area contributed by atoms with Crippen LogP contribution in [-0.2, 0) is 19.0 Å². The first-order valence-electron chi connectivity index (χ1n) is 7.83. The molecule has 1 spiro atoms. The van der Waals surface area contributed by atoms with E-state index in [1.165, 1.54) is 20.0 Å². The Morgan fingerprint density at radius 1 is 1.35 bits per heavy atom. The standard InChI is InChI=1S/C15H25NO4/c1-18-14(17)12-5-4-8-16(9-12)10-13-11-19-15(20-13)6-2-3-7-15/h12-13H,2-11H2,1H3. The molecule has 1 aliphatic carbocycles. The van der Waals surface area contributed by atoms with Crippen LogP contribution in [0.25, 0.3) is 0 Å². The Balaban J connectivity index is 1.49. The largest absolute Gasteiger partial charge is 0.469 e. The number of rotatable bonds is 3. The molecule has 2 atom stereocenters. The lowest BCUT2D eigenvalue weighted by molar-refractivity contribution is -0.164. The second-order valence-electron chi connectivity index (χ2n) is 6.29. The van der Waals surface area contributed by atoms with Crippen LogP contribution in [0.2, 0.25) is 0 Å². The van der Waals surface area contributed by atoms with Gasteiger partial charge in [0.05, 0.1) is 25.7 Å². The predicted octanol–water partition coefficient (Wildman–Crippen LogP) is 1.56. The van der Waals surface area contributed by atoms with Gasteiger partial charge in [0.1, 0.15) is 0 Å². The summed E-state index contributed by atoms with van der Waals surface area (Å²) in [6, 6.07) is 0. The van der Waals surface area contributed by atoms with Gasteiger partial charge in [0.2, 0.25) is 0 Å². The van der Waals surface area contributed by atoms with Crippen LogP contribution in [0.1, 0.15) is 38.5 Å². The molecule has 3 rings (SSSR count). The highest BCUT2D eigenvalue weighted by Crippen LogP contribution is 2.39. The SMILES string of the molecule is COC(=O)C1CCCN(CC2COC3(CCCC3)O2)C1. The summed E-state index contributed by atoms with van der Waals surface area (Å²) in [5.74, 6) is -0.329. The average Bonchev–Trinajstić information content (AvgIpc) is 3.09. The molecule has 0 N–H and O–H groups in total. The van der Waals surface area contributed by atoms with Gasteiger partial charge in [-0.3, -0.25) is 9.69 Å². The normalized spacial score (nSPS) is 33.6. The predicted molar refractivity (Wildman–Crippen MR) is 73.2 cm³/mol. The zero-order chi connectivity index (χ0) is 14.0. The number of hydrogen-bond donors (Lipinski definition) is 0. The molecule has 2 aliphatic heterocycles. The van der Waals surface area contributed by atoms with Crippen molar-refractivity contribution >= 4 is 5.97 Å². The van der Waals surface area contributed by atoms with Crippen LogP contribution in [0.15, 0.2) is 0 Å². The molecule has 20 heavy (non-hydrogen) atoms. The molecule has 114 valence electrons. The van der Waals surface area contributed by atoms with E-state index in [9.17, 15) is 4.79 Å². The van der Waals surface area contributed by atoms with E-state index in [1.54, 1.807) is 0 Å². The molecule has 0 aromatic heterocycles. The Hall–Kier alpha value is -0.650. The number of esters is 1. The van der Waals surface area contributed by atoms with Gasteiger partial charge in [-0.15, -0.1) is 0 Å². The summed E-state index contributed by atoms with van der Waals surface area (Å²) in [6.45, 7) is 3.40. The summed E-state index contributed by atoms with van der Waals surface area (Å²) in [6.07, 6.45) is 6.64. The van der Waals surface area contributed by atoms with Crippen LogP contribution >= 0.6 is 0 Å². The van der Waals surface area contributed by atoms with Crippen LogP contribution in [0, 0.1) is 5.92 Å². The minimum atomic E-state index is -0.276. The number of likely N-dealkylation sites (tertiary alicyclic amines) is 1. The number of methoxy groups -OCH3 is 1. The average molecular weight is 283 g/mol. The fraction of sp³-hybridized carbons (Fsp3) is 0.933. The summed E-state index contributed by atoms with van der Waals surface area (Å²) in [5, 5.41) is 0. The molecule has 0 aromatic carbocycles. The molecular weight excluding hydrogens is 258 g/mol. The van der Waals surface area contributed by atoms with Crippen LogP contribution in [-0.4, -0.2) is 56.1 Å². The quantitative estimate of drug-likeness (QED) is 0.736. The maximum atomic E-state index is 11.6. The van der Waals surface area contributed by atoms with Crippen molar-refractivity contribution in [3.63, 3.8) is 0 Å². The van der Waals surface area contributed by atoms with Crippen molar-refractivity contribution in [3.8, 4) is 0 Å². The Labute approximate surface area is 120 Å². The number of nitrogens with zero attached hydrogens (tertiary/aromatic N) is 1. The first kappa shape index (κ1) is 14.3. The van der Waals surface area contributed by atoms with E-state index < -0.39 is 0 Å². The van der Waals surface area contributed by atoms with E-state index >= 15 is 0 Å². The molecule has 3 aliphatic rings. The van der Waals surface area contributed by atoms with Gasteiger partial charge in [-0.2, -0.15) is 0 Å². The number of piperidine rings is 1. The highest BCUT2D eigenvalue weighted by molar-refractivity contribution is 5.72. The zero-order valence-corrected chi connectivity index (χ0v) is 12.3. The van der Waals surface area contributed by atoms with E-state index in [0.29, 0.717) is 6.61 Å². The Kier molecular flexibility index (Phi) is 4.29. The number of carbonyl (C=O) groups excluding carboxylic acids is 1. The summed E-state index contributed by atoms with van der Waals surface area (Å²) in [5.41, 5.74) is 0. The summed E-state index contributed by atoms with van der Waals surface area (Å²) in [7, 11) is 1.47. The monoisotopic (exact) mass is 283 g/mol. The van der Waals surface area contributed by atoms with E-state index in [2.05, 4.69) is 4.90 Å². The third kappa shape index (κ3) is 3.00. The van der Waals surface area contributed by atoms with Crippen molar-refractivity contribution in [2.45, 2.75) is 50.4 Å². The second kappa shape index (κ2) is 6.00. The van der Waals surface area contributed by atoms with Gasteiger partial charge in [-0.25, -0.2) is 0 Å². The number of hydrogen-bond acceptors (Lipinski definition) is 5. The van der Waals surface area contributed by atoms with Crippen LogP contribution in [0.3, 0.4) is 0 Å². The van der Waals surface area contributed by atoms with E-state index in [-0.39, 0.29) is 23.8 Å². The van der Waals surface area contributed by atoms with Crippen molar-refractivity contribution in [1.29, 1.82) is 0 Å². The smallest absolute Gasteiger partial charge is 0.309 e. The van der Waals surface area contributed by atoms with Gasteiger partial charge in [0.15, 0.2) is 5.79 Å². The second-order valence-corrected chi connectivity index (χ2v) is 6.29. The molecule has 2 saturated heterocycles. The fourth-order valence-electron chi connectivity index (χ4n) is 3.75. The first-order valence-corrected chi connectivity index (χ1v) is 7.83. The first-order chi connectivity index (χ1) is 9.71. The third-order valence-corrected chi connectivity index (χ3v) is 4.78. The van der Waals surface area contributed by atoms with E-state index in [0.717, 1.165) is 45.3 Å². The summed E-state index contributed by atoms with van der Waals surface area (Å²) in [4.78, 5) is 14.0. The molecule has 3 fully saturated rings. The lowest BCUT2D eigenvalue weighted by Gasteiger charge is -2.32. The summed E-state index contributed by atoms with van der Waals surface area (Å²) < 4.78 is 16.9. The van der Waals surface area contributed by atoms with Gasteiger partial charge in [-0.05, 0) is 32.2 Å². The summed E-state index contributed by atoms with van der Waals surface area (Å²) >= 11 is 0. The lowest BCUT2D eigenvalue weighted by atomic mass is 9.98. The molecule has 0 aromatic rings. The van der Waals surface area contributed by atoms with Crippen molar-refractivity contribution in [3.05, 3.63) is 0 Å². The Morgan fingerprint density at radius 2 is 2.15 bits per heavy atom. The molecule has 2 heterocycles. The van der Waals surface area contributed by atoms with Gasteiger partial charge < -0.3 is 14.2 Å². The minimum absolute atomic E-state index is 0.0245. The Morgan fingerprint density at radius 3 is 2.90 bits per heavy atom. The van der Waals surface area contributed by atoms with Gasteiger partial charge in [0.25, 0.3) is 0 Å². The highest BCUT2D eigenvalue weighted by atomic mass is 16.7. The third-order valence-electron chi connectivity index (χ3n) is 4.78. The van der Waals surface area contributed by atoms with Crippen LogP contribution in [0.4, 0.5) is 0 Å². The fourth-order valence-corrected chi connectivity index (χ4v) is 3.75. The van der Waals surface area contributed by atoms with Crippen molar-refractivity contribution in [2.75, 3.05) is 33.4 Å². The van der Waals surface area contributed by atoms with Crippen LogP contribution < -0.4 is 0 Å². The molecule has 0 radical (unpaired) electrons. The van der Waals surface area contributed by atoms with Crippen LogP contribution in [0.5, 0.6) is 0 Å². The molecule has 2 unspecified atom stereocenters. The highest BCUT2D eigenvalue weighted by Gasteiger charge is 2.44. The maximum Gasteiger partial charge on any atom is 0.309 e. The van der Waals surface area contributed by atoms with Gasteiger partial charge in [-0.1, -0.05) is 0 Å². The number of ether oxygens (including phenoxy) is 3. The van der Waals surface area contributed by atoms with Crippen molar-refractivity contribution < 1.29 is 19.0 Å². The van der Waals surface area contributed by atoms with E-state index in [4.69, 9.17) is 14.2 Å². The molecule has 5 heteroatoms.